The van der Waals surface area contributed by atoms with E-state index in [-0.39, 0.29) is 23.8 Å². The molecule has 0 unspecified atom stereocenters. The summed E-state index contributed by atoms with van der Waals surface area (Å²) in [6.45, 7) is 5.27. The van der Waals surface area contributed by atoms with Gasteiger partial charge in [-0.15, -0.1) is 0 Å². The monoisotopic (exact) mass is 366 g/mol. The minimum Gasteiger partial charge on any atom is -0.354 e. The Morgan fingerprint density at radius 3 is 2.50 bits per heavy atom. The number of halogens is 1. The minimum atomic E-state index is 0.0370. The summed E-state index contributed by atoms with van der Waals surface area (Å²) in [7, 11) is 0. The van der Waals surface area contributed by atoms with E-state index in [1.807, 2.05) is 43.0 Å². The second kappa shape index (κ2) is 7.77. The van der Waals surface area contributed by atoms with Gasteiger partial charge in [0.15, 0.2) is 0 Å². The molecule has 0 aliphatic carbocycles. The molecule has 2 amide bonds. The molecule has 4 nitrogen and oxygen atoms in total. The van der Waals surface area contributed by atoms with E-state index in [1.54, 1.807) is 0 Å². The van der Waals surface area contributed by atoms with E-state index in [2.05, 4.69) is 21.2 Å². The van der Waals surface area contributed by atoms with E-state index >= 15 is 0 Å². The van der Waals surface area contributed by atoms with Crippen LogP contribution in [0.1, 0.15) is 32.3 Å². The van der Waals surface area contributed by atoms with Crippen molar-refractivity contribution in [1.82, 2.24) is 10.2 Å². The molecule has 1 N–H and O–H groups in total. The number of nitrogens with zero attached hydrogens (tertiary/aromatic N) is 1. The number of nitrogens with one attached hydrogen (secondary N) is 1. The summed E-state index contributed by atoms with van der Waals surface area (Å²) in [4.78, 5) is 26.3. The summed E-state index contributed by atoms with van der Waals surface area (Å²) in [5.74, 6) is 0.289. The van der Waals surface area contributed by atoms with Gasteiger partial charge in [0.25, 0.3) is 0 Å². The van der Waals surface area contributed by atoms with Gasteiger partial charge in [-0.3, -0.25) is 9.59 Å². The second-order valence-corrected chi connectivity index (χ2v) is 6.94. The lowest BCUT2D eigenvalue weighted by atomic mass is 9.95. The molecule has 0 radical (unpaired) electrons. The first-order valence-corrected chi connectivity index (χ1v) is 8.58. The number of benzene rings is 1. The van der Waals surface area contributed by atoms with Crippen molar-refractivity contribution in [2.75, 3.05) is 13.1 Å². The standard InChI is InChI=1S/C17H23BrN2O2/c1-12(2)19-17(22)13-7-9-20(10-8-13)16(21)11-14-5-3-4-6-15(14)18/h3-6,12-13H,7-11H2,1-2H3,(H,19,22). The molecule has 1 aromatic rings. The van der Waals surface area contributed by atoms with Crippen molar-refractivity contribution < 1.29 is 9.59 Å². The number of rotatable bonds is 4. The van der Waals surface area contributed by atoms with Crippen LogP contribution >= 0.6 is 15.9 Å². The third-order valence-corrected chi connectivity index (χ3v) is 4.72. The van der Waals surface area contributed by atoms with Crippen LogP contribution in [0, 0.1) is 5.92 Å². The Labute approximate surface area is 140 Å². The fraction of sp³-hybridized carbons (Fsp3) is 0.529. The molecule has 1 aromatic carbocycles. The van der Waals surface area contributed by atoms with Crippen molar-refractivity contribution in [2.24, 2.45) is 5.92 Å². The highest BCUT2D eigenvalue weighted by atomic mass is 79.9. The lowest BCUT2D eigenvalue weighted by Gasteiger charge is -2.32. The van der Waals surface area contributed by atoms with Crippen molar-refractivity contribution in [3.63, 3.8) is 0 Å². The van der Waals surface area contributed by atoms with Gasteiger partial charge in [0.05, 0.1) is 6.42 Å². The highest BCUT2D eigenvalue weighted by molar-refractivity contribution is 9.10. The Morgan fingerprint density at radius 1 is 1.27 bits per heavy atom. The fourth-order valence-electron chi connectivity index (χ4n) is 2.71. The average molecular weight is 367 g/mol. The minimum absolute atomic E-state index is 0.0370. The predicted octanol–water partition coefficient (Wildman–Crippen LogP) is 2.75. The normalized spacial score (nSPS) is 15.9. The molecule has 1 saturated heterocycles. The van der Waals surface area contributed by atoms with Gasteiger partial charge < -0.3 is 10.2 Å². The molecule has 1 heterocycles. The van der Waals surface area contributed by atoms with Gasteiger partial charge in [-0.1, -0.05) is 34.1 Å². The zero-order valence-electron chi connectivity index (χ0n) is 13.1. The van der Waals surface area contributed by atoms with Gasteiger partial charge in [0.1, 0.15) is 0 Å². The molecule has 22 heavy (non-hydrogen) atoms. The Bertz CT molecular complexity index is 537. The van der Waals surface area contributed by atoms with Crippen LogP contribution in [-0.4, -0.2) is 35.8 Å². The van der Waals surface area contributed by atoms with Crippen LogP contribution in [0.4, 0.5) is 0 Å². The van der Waals surface area contributed by atoms with E-state index in [4.69, 9.17) is 0 Å². The highest BCUT2D eigenvalue weighted by Gasteiger charge is 2.27. The number of hydrogen-bond donors (Lipinski definition) is 1. The molecule has 0 bridgehead atoms. The smallest absolute Gasteiger partial charge is 0.227 e. The molecule has 1 aliphatic heterocycles. The molecule has 120 valence electrons. The van der Waals surface area contributed by atoms with Crippen LogP contribution in [0.2, 0.25) is 0 Å². The molecule has 1 aliphatic rings. The third-order valence-electron chi connectivity index (χ3n) is 3.95. The van der Waals surface area contributed by atoms with E-state index in [1.165, 1.54) is 0 Å². The highest BCUT2D eigenvalue weighted by Crippen LogP contribution is 2.21. The summed E-state index contributed by atoms with van der Waals surface area (Å²) in [5, 5.41) is 2.96. The maximum Gasteiger partial charge on any atom is 0.227 e. The molecule has 2 rings (SSSR count). The molecule has 0 spiro atoms. The van der Waals surface area contributed by atoms with E-state index in [0.29, 0.717) is 19.5 Å². The van der Waals surface area contributed by atoms with Gasteiger partial charge in [0.2, 0.25) is 11.8 Å². The Kier molecular flexibility index (Phi) is 6.00. The quantitative estimate of drug-likeness (QED) is 0.890. The summed E-state index contributed by atoms with van der Waals surface area (Å²) in [6, 6.07) is 7.96. The lowest BCUT2D eigenvalue weighted by Crippen LogP contribution is -2.44. The van der Waals surface area contributed by atoms with Crippen molar-refractivity contribution >= 4 is 27.7 Å². The molecule has 1 fully saturated rings. The number of piperidine rings is 1. The summed E-state index contributed by atoms with van der Waals surface area (Å²) in [6.07, 6.45) is 1.91. The third kappa shape index (κ3) is 4.57. The zero-order valence-corrected chi connectivity index (χ0v) is 14.7. The number of carbonyl (C=O) groups is 2. The van der Waals surface area contributed by atoms with E-state index < -0.39 is 0 Å². The second-order valence-electron chi connectivity index (χ2n) is 6.09. The van der Waals surface area contributed by atoms with Gasteiger partial charge in [-0.05, 0) is 38.3 Å². The molecule has 5 heteroatoms. The first kappa shape index (κ1) is 17.0. The van der Waals surface area contributed by atoms with E-state index in [0.717, 1.165) is 22.9 Å². The van der Waals surface area contributed by atoms with E-state index in [9.17, 15) is 9.59 Å². The average Bonchev–Trinajstić information content (AvgIpc) is 2.49. The molecule has 0 saturated carbocycles. The Balaban J connectivity index is 1.85. The maximum atomic E-state index is 12.4. The summed E-state index contributed by atoms with van der Waals surface area (Å²) in [5.41, 5.74) is 1.01. The SMILES string of the molecule is CC(C)NC(=O)C1CCN(C(=O)Cc2ccccc2Br)CC1. The van der Waals surface area contributed by atoms with Crippen LogP contribution in [0.25, 0.3) is 0 Å². The van der Waals surface area contributed by atoms with Crippen molar-refractivity contribution in [2.45, 2.75) is 39.2 Å². The van der Waals surface area contributed by atoms with Gasteiger partial charge >= 0.3 is 0 Å². The zero-order chi connectivity index (χ0) is 16.1. The maximum absolute atomic E-state index is 12.4. The predicted molar refractivity (Wildman–Crippen MR) is 90.4 cm³/mol. The van der Waals surface area contributed by atoms with Crippen molar-refractivity contribution in [1.29, 1.82) is 0 Å². The van der Waals surface area contributed by atoms with Crippen LogP contribution in [0.15, 0.2) is 28.7 Å². The molecule has 0 aromatic heterocycles. The van der Waals surface area contributed by atoms with Crippen LogP contribution in [0.3, 0.4) is 0 Å². The number of likely N-dealkylation sites (tertiary alicyclic amines) is 1. The molecule has 0 atom stereocenters. The lowest BCUT2D eigenvalue weighted by molar-refractivity contribution is -0.135. The molecular formula is C17H23BrN2O2. The number of hydrogen-bond acceptors (Lipinski definition) is 2. The summed E-state index contributed by atoms with van der Waals surface area (Å²) >= 11 is 3.48. The first-order valence-electron chi connectivity index (χ1n) is 7.79. The van der Waals surface area contributed by atoms with Gasteiger partial charge in [0, 0.05) is 29.5 Å². The number of carbonyl (C=O) groups excluding carboxylic acids is 2. The van der Waals surface area contributed by atoms with Gasteiger partial charge in [-0.2, -0.15) is 0 Å². The van der Waals surface area contributed by atoms with Crippen molar-refractivity contribution in [3.8, 4) is 0 Å². The van der Waals surface area contributed by atoms with Gasteiger partial charge in [-0.25, -0.2) is 0 Å². The van der Waals surface area contributed by atoms with Crippen LogP contribution in [0.5, 0.6) is 0 Å². The van der Waals surface area contributed by atoms with Crippen LogP contribution < -0.4 is 5.32 Å². The topological polar surface area (TPSA) is 49.4 Å². The first-order chi connectivity index (χ1) is 10.5. The van der Waals surface area contributed by atoms with Crippen LogP contribution in [-0.2, 0) is 16.0 Å². The largest absolute Gasteiger partial charge is 0.354 e. The van der Waals surface area contributed by atoms with Crippen molar-refractivity contribution in [3.05, 3.63) is 34.3 Å². The Hall–Kier alpha value is -1.36. The Morgan fingerprint density at radius 2 is 1.91 bits per heavy atom. The fourth-order valence-corrected chi connectivity index (χ4v) is 3.13. The number of amides is 2. The molecular weight excluding hydrogens is 344 g/mol. The summed E-state index contributed by atoms with van der Waals surface area (Å²) < 4.78 is 0.967.